The first-order chi connectivity index (χ1) is 7.38. The standard InChI is InChI=1S/C9H15NO5S/c1-2-5-16(14,15)10-6-7(9(12)13)3-4-8(10)11/h7H,2-6H2,1H3,(H,12,13). The van der Waals surface area contributed by atoms with Gasteiger partial charge >= 0.3 is 5.97 Å². The minimum Gasteiger partial charge on any atom is -0.481 e. The third kappa shape index (κ3) is 2.72. The van der Waals surface area contributed by atoms with E-state index < -0.39 is 27.8 Å². The summed E-state index contributed by atoms with van der Waals surface area (Å²) in [7, 11) is -3.63. The number of hydrogen-bond donors (Lipinski definition) is 1. The molecule has 16 heavy (non-hydrogen) atoms. The summed E-state index contributed by atoms with van der Waals surface area (Å²) >= 11 is 0. The Balaban J connectivity index is 2.85. The third-order valence-electron chi connectivity index (χ3n) is 2.52. The fraction of sp³-hybridized carbons (Fsp3) is 0.778. The summed E-state index contributed by atoms with van der Waals surface area (Å²) in [6, 6.07) is 0. The predicted octanol–water partition coefficient (Wildman–Crippen LogP) is 0.0494. The molecule has 1 fully saturated rings. The first-order valence-electron chi connectivity index (χ1n) is 5.14. The molecule has 0 saturated carbocycles. The molecule has 0 aromatic rings. The summed E-state index contributed by atoms with van der Waals surface area (Å²) in [6.45, 7) is 1.47. The fourth-order valence-corrected chi connectivity index (χ4v) is 3.20. The number of amides is 1. The van der Waals surface area contributed by atoms with Gasteiger partial charge in [-0.2, -0.15) is 0 Å². The molecule has 0 spiro atoms. The number of carbonyl (C=O) groups excluding carboxylic acids is 1. The van der Waals surface area contributed by atoms with Gasteiger partial charge in [0.05, 0.1) is 18.2 Å². The number of aliphatic carboxylic acids is 1. The van der Waals surface area contributed by atoms with Gasteiger partial charge in [0, 0.05) is 6.42 Å². The van der Waals surface area contributed by atoms with Gasteiger partial charge in [0.25, 0.3) is 0 Å². The molecule has 1 aliphatic heterocycles. The summed E-state index contributed by atoms with van der Waals surface area (Å²) < 4.78 is 24.1. The second-order valence-corrected chi connectivity index (χ2v) is 5.83. The Morgan fingerprint density at radius 2 is 2.19 bits per heavy atom. The number of carbonyl (C=O) groups is 2. The van der Waals surface area contributed by atoms with Crippen LogP contribution < -0.4 is 0 Å². The van der Waals surface area contributed by atoms with E-state index in [2.05, 4.69) is 0 Å². The summed E-state index contributed by atoms with van der Waals surface area (Å²) in [5, 5.41) is 8.81. The molecule has 0 bridgehead atoms. The maximum absolute atomic E-state index is 11.7. The van der Waals surface area contributed by atoms with Gasteiger partial charge in [-0.3, -0.25) is 9.59 Å². The van der Waals surface area contributed by atoms with Gasteiger partial charge in [0.2, 0.25) is 15.9 Å². The van der Waals surface area contributed by atoms with Crippen molar-refractivity contribution >= 4 is 21.9 Å². The molecule has 1 rings (SSSR count). The Hall–Kier alpha value is -1.11. The highest BCUT2D eigenvalue weighted by Crippen LogP contribution is 2.21. The van der Waals surface area contributed by atoms with Crippen molar-refractivity contribution in [2.24, 2.45) is 5.92 Å². The molecule has 1 unspecified atom stereocenters. The number of nitrogens with zero attached hydrogens (tertiary/aromatic N) is 1. The first kappa shape index (κ1) is 13.0. The van der Waals surface area contributed by atoms with Gasteiger partial charge in [-0.25, -0.2) is 12.7 Å². The molecule has 1 aliphatic rings. The number of carboxylic acid groups (broad SMARTS) is 1. The van der Waals surface area contributed by atoms with Gasteiger partial charge in [-0.05, 0) is 12.8 Å². The van der Waals surface area contributed by atoms with Crippen molar-refractivity contribution in [1.82, 2.24) is 4.31 Å². The maximum Gasteiger partial charge on any atom is 0.308 e. The summed E-state index contributed by atoms with van der Waals surface area (Å²) in [4.78, 5) is 22.2. The summed E-state index contributed by atoms with van der Waals surface area (Å²) in [6.07, 6.45) is 0.607. The second kappa shape index (κ2) is 4.82. The van der Waals surface area contributed by atoms with E-state index in [4.69, 9.17) is 5.11 Å². The lowest BCUT2D eigenvalue weighted by Gasteiger charge is -2.29. The van der Waals surface area contributed by atoms with Crippen molar-refractivity contribution in [2.75, 3.05) is 12.3 Å². The smallest absolute Gasteiger partial charge is 0.308 e. The van der Waals surface area contributed by atoms with E-state index in [1.165, 1.54) is 0 Å². The van der Waals surface area contributed by atoms with E-state index >= 15 is 0 Å². The van der Waals surface area contributed by atoms with Crippen LogP contribution in [0.3, 0.4) is 0 Å². The molecular weight excluding hydrogens is 234 g/mol. The van der Waals surface area contributed by atoms with Gasteiger partial charge in [0.15, 0.2) is 0 Å². The summed E-state index contributed by atoms with van der Waals surface area (Å²) in [5.74, 6) is -2.44. The molecule has 1 amide bonds. The van der Waals surface area contributed by atoms with Crippen LogP contribution in [0.25, 0.3) is 0 Å². The zero-order chi connectivity index (χ0) is 12.3. The van der Waals surface area contributed by atoms with Crippen LogP contribution in [0.15, 0.2) is 0 Å². The quantitative estimate of drug-likeness (QED) is 0.760. The highest BCUT2D eigenvalue weighted by Gasteiger charge is 2.36. The minimum atomic E-state index is -3.63. The van der Waals surface area contributed by atoms with E-state index in [-0.39, 0.29) is 25.1 Å². The third-order valence-corrected chi connectivity index (χ3v) is 4.47. The van der Waals surface area contributed by atoms with Gasteiger partial charge < -0.3 is 5.11 Å². The maximum atomic E-state index is 11.7. The number of hydrogen-bond acceptors (Lipinski definition) is 4. The van der Waals surface area contributed by atoms with Crippen molar-refractivity contribution in [2.45, 2.75) is 26.2 Å². The topological polar surface area (TPSA) is 91.8 Å². The van der Waals surface area contributed by atoms with Crippen LogP contribution in [0.2, 0.25) is 0 Å². The van der Waals surface area contributed by atoms with Crippen LogP contribution in [0.5, 0.6) is 0 Å². The van der Waals surface area contributed by atoms with Crippen molar-refractivity contribution in [3.63, 3.8) is 0 Å². The van der Waals surface area contributed by atoms with E-state index in [1.54, 1.807) is 6.92 Å². The van der Waals surface area contributed by atoms with Gasteiger partial charge in [0.1, 0.15) is 0 Å². The average molecular weight is 249 g/mol. The Labute approximate surface area is 94.3 Å². The largest absolute Gasteiger partial charge is 0.481 e. The van der Waals surface area contributed by atoms with E-state index in [9.17, 15) is 18.0 Å². The number of carboxylic acids is 1. The molecule has 0 aromatic carbocycles. The zero-order valence-corrected chi connectivity index (χ0v) is 9.87. The van der Waals surface area contributed by atoms with Crippen LogP contribution in [-0.4, -0.2) is 42.0 Å². The molecule has 0 aliphatic carbocycles. The number of sulfonamides is 1. The van der Waals surface area contributed by atoms with Crippen molar-refractivity contribution in [3.8, 4) is 0 Å². The van der Waals surface area contributed by atoms with Gasteiger partial charge in [-0.15, -0.1) is 0 Å². The lowest BCUT2D eigenvalue weighted by Crippen LogP contribution is -2.46. The summed E-state index contributed by atoms with van der Waals surface area (Å²) in [5.41, 5.74) is 0. The molecule has 1 N–H and O–H groups in total. The molecule has 1 heterocycles. The zero-order valence-electron chi connectivity index (χ0n) is 9.05. The van der Waals surface area contributed by atoms with Crippen molar-refractivity contribution in [3.05, 3.63) is 0 Å². The lowest BCUT2D eigenvalue weighted by atomic mass is 10.00. The molecule has 1 saturated heterocycles. The molecule has 92 valence electrons. The first-order valence-corrected chi connectivity index (χ1v) is 6.75. The van der Waals surface area contributed by atoms with Crippen molar-refractivity contribution < 1.29 is 23.1 Å². The van der Waals surface area contributed by atoms with Crippen LogP contribution in [0.1, 0.15) is 26.2 Å². The SMILES string of the molecule is CCCS(=O)(=O)N1CC(C(=O)O)CCC1=O. The second-order valence-electron chi connectivity index (χ2n) is 3.81. The van der Waals surface area contributed by atoms with Crippen LogP contribution >= 0.6 is 0 Å². The van der Waals surface area contributed by atoms with E-state index in [1.807, 2.05) is 0 Å². The Bertz CT molecular complexity index is 389. The van der Waals surface area contributed by atoms with E-state index in [0.717, 1.165) is 4.31 Å². The monoisotopic (exact) mass is 249 g/mol. The van der Waals surface area contributed by atoms with E-state index in [0.29, 0.717) is 6.42 Å². The minimum absolute atomic E-state index is 0.0140. The molecule has 0 radical (unpaired) electrons. The van der Waals surface area contributed by atoms with Crippen LogP contribution in [-0.2, 0) is 19.6 Å². The highest BCUT2D eigenvalue weighted by molar-refractivity contribution is 7.89. The molecule has 6 nitrogen and oxygen atoms in total. The number of piperidine rings is 1. The highest BCUT2D eigenvalue weighted by atomic mass is 32.2. The Morgan fingerprint density at radius 1 is 1.56 bits per heavy atom. The molecule has 1 atom stereocenters. The molecule has 0 aromatic heterocycles. The Kier molecular flexibility index (Phi) is 3.90. The average Bonchev–Trinajstić information content (AvgIpc) is 2.17. The lowest BCUT2D eigenvalue weighted by molar-refractivity contribution is -0.145. The fourth-order valence-electron chi connectivity index (χ4n) is 1.65. The predicted molar refractivity (Wildman–Crippen MR) is 56.2 cm³/mol. The number of rotatable bonds is 4. The molecular formula is C9H15NO5S. The Morgan fingerprint density at radius 3 is 2.69 bits per heavy atom. The normalized spacial score (nSPS) is 22.2. The van der Waals surface area contributed by atoms with Gasteiger partial charge in [-0.1, -0.05) is 6.92 Å². The van der Waals surface area contributed by atoms with Crippen molar-refractivity contribution in [1.29, 1.82) is 0 Å². The van der Waals surface area contributed by atoms with Crippen LogP contribution in [0.4, 0.5) is 0 Å². The van der Waals surface area contributed by atoms with Crippen LogP contribution in [0, 0.1) is 5.92 Å². The molecule has 7 heteroatoms.